The van der Waals surface area contributed by atoms with Gasteiger partial charge < -0.3 is 33.6 Å². The summed E-state index contributed by atoms with van der Waals surface area (Å²) < 4.78 is 29.6. The number of rotatable bonds is 10. The number of hydrogen-bond donors (Lipinski definition) is 2. The van der Waals surface area contributed by atoms with E-state index in [2.05, 4.69) is 0 Å². The molecule has 0 saturated carbocycles. The Kier molecular flexibility index (Phi) is 6.06. The third-order valence-electron chi connectivity index (χ3n) is 5.37. The summed E-state index contributed by atoms with van der Waals surface area (Å²) in [5, 5.41) is 0. The summed E-state index contributed by atoms with van der Waals surface area (Å²) in [5.74, 6) is 6.86. The van der Waals surface area contributed by atoms with Gasteiger partial charge in [-0.05, 0) is 86.6 Å². The zero-order valence-corrected chi connectivity index (χ0v) is 18.2. The van der Waals surface area contributed by atoms with Crippen LogP contribution >= 0.6 is 0 Å². The summed E-state index contributed by atoms with van der Waals surface area (Å²) in [6, 6.07) is 18.9. The highest BCUT2D eigenvalue weighted by molar-refractivity contribution is 5.63. The highest BCUT2D eigenvalue weighted by Gasteiger charge is 2.17. The van der Waals surface area contributed by atoms with Gasteiger partial charge in [0, 0.05) is 12.8 Å². The van der Waals surface area contributed by atoms with E-state index in [0.29, 0.717) is 59.2 Å². The Balaban J connectivity index is 1.30. The van der Waals surface area contributed by atoms with Crippen molar-refractivity contribution in [1.29, 1.82) is 0 Å². The fraction of sp³-hybridized carbons (Fsp3) is 0.231. The molecule has 5 aromatic heterocycles. The molecule has 0 bridgehead atoms. The lowest BCUT2D eigenvalue weighted by atomic mass is 10.2. The van der Waals surface area contributed by atoms with Crippen LogP contribution in [-0.2, 0) is 12.8 Å². The number of aryl methyl sites for hydroxylation is 2. The van der Waals surface area contributed by atoms with Crippen LogP contribution in [0.3, 0.4) is 0 Å². The summed E-state index contributed by atoms with van der Waals surface area (Å²) in [6.07, 6.45) is 3.39. The average molecular weight is 447 g/mol. The second-order valence-corrected chi connectivity index (χ2v) is 7.81. The van der Waals surface area contributed by atoms with E-state index in [4.69, 9.17) is 33.6 Å². The van der Waals surface area contributed by atoms with Crippen LogP contribution in [0.15, 0.2) is 82.7 Å². The van der Waals surface area contributed by atoms with E-state index in [1.807, 2.05) is 60.7 Å². The molecule has 0 fully saturated rings. The highest BCUT2D eigenvalue weighted by Crippen LogP contribution is 2.35. The van der Waals surface area contributed by atoms with E-state index in [-0.39, 0.29) is 0 Å². The molecule has 33 heavy (non-hydrogen) atoms. The third kappa shape index (κ3) is 4.60. The molecule has 0 spiro atoms. The zero-order valence-electron chi connectivity index (χ0n) is 18.2. The second-order valence-electron chi connectivity index (χ2n) is 7.81. The number of furan rings is 5. The maximum Gasteiger partial charge on any atom is 0.170 e. The molecule has 0 unspecified atom stereocenters. The predicted molar refractivity (Wildman–Crippen MR) is 124 cm³/mol. The van der Waals surface area contributed by atoms with Gasteiger partial charge in [-0.25, -0.2) is 0 Å². The van der Waals surface area contributed by atoms with Crippen LogP contribution in [0.4, 0.5) is 0 Å². The van der Waals surface area contributed by atoms with Gasteiger partial charge in [0.05, 0.1) is 0 Å². The first-order valence-corrected chi connectivity index (χ1v) is 11.1. The van der Waals surface area contributed by atoms with E-state index in [1.165, 1.54) is 0 Å². The minimum atomic E-state index is 0.603. The van der Waals surface area contributed by atoms with Crippen LogP contribution in [0, 0.1) is 0 Å². The van der Waals surface area contributed by atoms with Crippen molar-refractivity contribution >= 4 is 0 Å². The fourth-order valence-electron chi connectivity index (χ4n) is 3.65. The first-order valence-electron chi connectivity index (χ1n) is 11.1. The van der Waals surface area contributed by atoms with E-state index in [1.54, 1.807) is 0 Å². The Morgan fingerprint density at radius 3 is 0.970 bits per heavy atom. The van der Waals surface area contributed by atoms with Crippen molar-refractivity contribution in [3.8, 4) is 46.1 Å². The molecule has 0 saturated heterocycles. The molecule has 0 aromatic carbocycles. The van der Waals surface area contributed by atoms with E-state index >= 15 is 0 Å². The largest absolute Gasteiger partial charge is 0.458 e. The molecule has 5 aromatic rings. The fourth-order valence-corrected chi connectivity index (χ4v) is 3.65. The molecule has 0 aliphatic carbocycles. The van der Waals surface area contributed by atoms with Crippen molar-refractivity contribution in [2.75, 3.05) is 13.1 Å². The number of hydrogen-bond acceptors (Lipinski definition) is 7. The molecule has 0 atom stereocenters. The van der Waals surface area contributed by atoms with Crippen LogP contribution in [0.25, 0.3) is 46.1 Å². The molecule has 5 heterocycles. The Bertz CT molecular complexity index is 1220. The summed E-state index contributed by atoms with van der Waals surface area (Å²) in [6.45, 7) is 1.27. The molecule has 0 aliphatic heterocycles. The quantitative estimate of drug-likeness (QED) is 0.266. The van der Waals surface area contributed by atoms with Gasteiger partial charge in [-0.3, -0.25) is 0 Å². The van der Waals surface area contributed by atoms with Crippen LogP contribution in [-0.4, -0.2) is 13.1 Å². The highest BCUT2D eigenvalue weighted by atomic mass is 16.4. The average Bonchev–Trinajstić information content (AvgIpc) is 3.65. The van der Waals surface area contributed by atoms with Gasteiger partial charge in [-0.1, -0.05) is 0 Å². The Morgan fingerprint density at radius 2 is 0.667 bits per heavy atom. The van der Waals surface area contributed by atoms with Crippen molar-refractivity contribution in [1.82, 2.24) is 0 Å². The zero-order chi connectivity index (χ0) is 22.6. The Hall–Kier alpha value is -3.68. The lowest BCUT2D eigenvalue weighted by Gasteiger charge is -1.95. The SMILES string of the molecule is NCCCc1ccc(-c2ccc(-c3ccc(-c4ccc(-c5ccc(CCCN)o5)o4)o3)o2)o1. The van der Waals surface area contributed by atoms with Gasteiger partial charge in [-0.2, -0.15) is 0 Å². The summed E-state index contributed by atoms with van der Waals surface area (Å²) in [7, 11) is 0. The smallest absolute Gasteiger partial charge is 0.170 e. The van der Waals surface area contributed by atoms with Gasteiger partial charge >= 0.3 is 0 Å². The van der Waals surface area contributed by atoms with Crippen LogP contribution < -0.4 is 11.5 Å². The van der Waals surface area contributed by atoms with Gasteiger partial charge in [0.25, 0.3) is 0 Å². The standard InChI is InChI=1S/C26H26N2O5/c27-15-1-3-17-5-7-19(29-17)21-9-11-23(31-21)25-13-14-26(33-25)24-12-10-22(32-24)20-8-6-18(30-20)4-2-16-28/h5-14H,1-4,15-16,27-28H2. The molecular weight excluding hydrogens is 420 g/mol. The second kappa shape index (κ2) is 9.44. The molecule has 170 valence electrons. The molecule has 7 heteroatoms. The molecule has 0 radical (unpaired) electrons. The maximum absolute atomic E-state index is 5.99. The van der Waals surface area contributed by atoms with E-state index < -0.39 is 0 Å². The lowest BCUT2D eigenvalue weighted by Crippen LogP contribution is -1.99. The van der Waals surface area contributed by atoms with Crippen LogP contribution in [0.5, 0.6) is 0 Å². The van der Waals surface area contributed by atoms with Crippen molar-refractivity contribution in [3.05, 3.63) is 72.2 Å². The minimum absolute atomic E-state index is 0.603. The van der Waals surface area contributed by atoms with Crippen molar-refractivity contribution in [2.24, 2.45) is 11.5 Å². The van der Waals surface area contributed by atoms with Crippen molar-refractivity contribution < 1.29 is 22.1 Å². The van der Waals surface area contributed by atoms with Crippen LogP contribution in [0.2, 0.25) is 0 Å². The van der Waals surface area contributed by atoms with Crippen molar-refractivity contribution in [2.45, 2.75) is 25.7 Å². The van der Waals surface area contributed by atoms with Gasteiger partial charge in [0.15, 0.2) is 46.1 Å². The molecule has 7 nitrogen and oxygen atoms in total. The van der Waals surface area contributed by atoms with E-state index in [9.17, 15) is 0 Å². The molecule has 0 amide bonds. The topological polar surface area (TPSA) is 118 Å². The van der Waals surface area contributed by atoms with Gasteiger partial charge in [-0.15, -0.1) is 0 Å². The summed E-state index contributed by atoms with van der Waals surface area (Å²) >= 11 is 0. The van der Waals surface area contributed by atoms with E-state index in [0.717, 1.165) is 37.2 Å². The Morgan fingerprint density at radius 1 is 0.394 bits per heavy atom. The molecular formula is C26H26N2O5. The lowest BCUT2D eigenvalue weighted by molar-refractivity contribution is 0.477. The number of nitrogens with two attached hydrogens (primary N) is 2. The van der Waals surface area contributed by atoms with Crippen LogP contribution in [0.1, 0.15) is 24.4 Å². The van der Waals surface area contributed by atoms with Gasteiger partial charge in [0.1, 0.15) is 11.5 Å². The molecule has 0 aliphatic rings. The third-order valence-corrected chi connectivity index (χ3v) is 5.37. The van der Waals surface area contributed by atoms with Gasteiger partial charge in [0.2, 0.25) is 0 Å². The van der Waals surface area contributed by atoms with Crippen molar-refractivity contribution in [3.63, 3.8) is 0 Å². The predicted octanol–water partition coefficient (Wildman–Crippen LogP) is 6.10. The monoisotopic (exact) mass is 446 g/mol. The first kappa shape index (κ1) is 21.2. The first-order chi connectivity index (χ1) is 16.2. The summed E-state index contributed by atoms with van der Waals surface area (Å²) in [5.41, 5.74) is 11.1. The maximum atomic E-state index is 5.99. The molecule has 5 rings (SSSR count). The normalized spacial score (nSPS) is 11.5. The summed E-state index contributed by atoms with van der Waals surface area (Å²) in [4.78, 5) is 0. The Labute approximate surface area is 191 Å². The minimum Gasteiger partial charge on any atom is -0.458 e. The molecule has 4 N–H and O–H groups in total.